The lowest BCUT2D eigenvalue weighted by molar-refractivity contribution is -0.139. The van der Waals surface area contributed by atoms with Crippen LogP contribution in [0.1, 0.15) is 11.1 Å². The van der Waals surface area contributed by atoms with Crippen molar-refractivity contribution in [3.63, 3.8) is 0 Å². The van der Waals surface area contributed by atoms with E-state index >= 15 is 0 Å². The Bertz CT molecular complexity index is 754. The molecule has 24 heavy (non-hydrogen) atoms. The maximum Gasteiger partial charge on any atom is 0.355 e. The third-order valence-corrected chi connectivity index (χ3v) is 4.18. The lowest BCUT2D eigenvalue weighted by Crippen LogP contribution is -2.27. The number of allylic oxidation sites excluding steroid dienone is 2. The van der Waals surface area contributed by atoms with Crippen LogP contribution in [0.4, 0.5) is 5.69 Å². The molecule has 0 N–H and O–H groups in total. The van der Waals surface area contributed by atoms with Crippen molar-refractivity contribution >= 4 is 29.2 Å². The Hall–Kier alpha value is -2.53. The van der Waals surface area contributed by atoms with Crippen molar-refractivity contribution in [2.45, 2.75) is 13.8 Å². The molecule has 0 saturated carbocycles. The number of hydrogen-bond acceptors (Lipinski definition) is 5. The molecule has 1 aliphatic rings. The van der Waals surface area contributed by atoms with Gasteiger partial charge in [-0.3, -0.25) is 0 Å². The van der Waals surface area contributed by atoms with E-state index in [4.69, 9.17) is 21.1 Å². The Morgan fingerprint density at radius 1 is 1.00 bits per heavy atom. The minimum atomic E-state index is -0.642. The molecule has 0 bridgehead atoms. The molecule has 0 saturated heterocycles. The van der Waals surface area contributed by atoms with Crippen molar-refractivity contribution in [1.82, 2.24) is 0 Å². The van der Waals surface area contributed by atoms with Gasteiger partial charge >= 0.3 is 11.9 Å². The highest BCUT2D eigenvalue weighted by Crippen LogP contribution is 2.31. The number of ether oxygens (including phenoxy) is 2. The highest BCUT2D eigenvalue weighted by Gasteiger charge is 2.27. The van der Waals surface area contributed by atoms with Crippen LogP contribution in [-0.4, -0.2) is 26.2 Å². The molecule has 5 nitrogen and oxygen atoms in total. The van der Waals surface area contributed by atoms with Crippen molar-refractivity contribution < 1.29 is 19.1 Å². The number of halogens is 1. The molecule has 1 heterocycles. The first kappa shape index (κ1) is 17.8. The van der Waals surface area contributed by atoms with Gasteiger partial charge in [0, 0.05) is 16.9 Å². The summed E-state index contributed by atoms with van der Waals surface area (Å²) >= 11 is 6.22. The molecule has 0 atom stereocenters. The summed E-state index contributed by atoms with van der Waals surface area (Å²) in [6, 6.07) is 3.67. The molecule has 1 aromatic rings. The molecule has 0 fully saturated rings. The first-order valence-corrected chi connectivity index (χ1v) is 7.60. The third-order valence-electron chi connectivity index (χ3n) is 3.59. The molecular formula is C18H18ClNO4. The molecule has 6 heteroatoms. The van der Waals surface area contributed by atoms with Crippen LogP contribution in [0.15, 0.2) is 47.8 Å². The summed E-state index contributed by atoms with van der Waals surface area (Å²) in [6.45, 7) is 3.75. The molecule has 0 aromatic heterocycles. The van der Waals surface area contributed by atoms with E-state index in [9.17, 15) is 9.59 Å². The van der Waals surface area contributed by atoms with Gasteiger partial charge in [0.2, 0.25) is 0 Å². The molecule has 0 spiro atoms. The van der Waals surface area contributed by atoms with Crippen LogP contribution in [0.5, 0.6) is 0 Å². The van der Waals surface area contributed by atoms with Crippen molar-refractivity contribution in [3.05, 3.63) is 64.0 Å². The maximum absolute atomic E-state index is 12.3. The topological polar surface area (TPSA) is 55.8 Å². The minimum absolute atomic E-state index is 0.0791. The molecule has 1 aromatic carbocycles. The smallest absolute Gasteiger partial charge is 0.355 e. The van der Waals surface area contributed by atoms with E-state index in [0.29, 0.717) is 10.7 Å². The molecule has 0 amide bonds. The van der Waals surface area contributed by atoms with Gasteiger partial charge in [0.15, 0.2) is 0 Å². The van der Waals surface area contributed by atoms with E-state index in [1.54, 1.807) is 23.3 Å². The fraction of sp³-hybridized carbons (Fsp3) is 0.222. The van der Waals surface area contributed by atoms with Crippen LogP contribution >= 0.6 is 11.6 Å². The number of carbonyl (C=O) groups is 2. The van der Waals surface area contributed by atoms with E-state index in [-0.39, 0.29) is 11.3 Å². The van der Waals surface area contributed by atoms with Crippen LogP contribution in [0.3, 0.4) is 0 Å². The largest absolute Gasteiger partial charge is 0.465 e. The second-order valence-corrected chi connectivity index (χ2v) is 5.59. The Morgan fingerprint density at radius 2 is 1.58 bits per heavy atom. The van der Waals surface area contributed by atoms with Crippen molar-refractivity contribution in [3.8, 4) is 0 Å². The van der Waals surface area contributed by atoms with Crippen molar-refractivity contribution in [1.29, 1.82) is 0 Å². The quantitative estimate of drug-likeness (QED) is 0.784. The predicted octanol–water partition coefficient (Wildman–Crippen LogP) is 3.45. The molecule has 126 valence electrons. The van der Waals surface area contributed by atoms with Gasteiger partial charge in [0.1, 0.15) is 5.70 Å². The van der Waals surface area contributed by atoms with Crippen LogP contribution in [0.2, 0.25) is 5.02 Å². The summed E-state index contributed by atoms with van der Waals surface area (Å²) in [5, 5.41) is 0.660. The van der Waals surface area contributed by atoms with Crippen LogP contribution in [-0.2, 0) is 19.1 Å². The average molecular weight is 348 g/mol. The van der Waals surface area contributed by atoms with Gasteiger partial charge in [-0.25, -0.2) is 9.59 Å². The van der Waals surface area contributed by atoms with Crippen LogP contribution < -0.4 is 4.90 Å². The zero-order valence-electron chi connectivity index (χ0n) is 13.9. The van der Waals surface area contributed by atoms with E-state index in [1.165, 1.54) is 20.3 Å². The summed E-state index contributed by atoms with van der Waals surface area (Å²) in [6.07, 6.45) is 6.58. The number of hydrogen-bond donors (Lipinski definition) is 0. The number of anilines is 1. The van der Waals surface area contributed by atoms with Gasteiger partial charge in [-0.15, -0.1) is 0 Å². The second kappa shape index (κ2) is 7.36. The molecule has 0 aliphatic carbocycles. The van der Waals surface area contributed by atoms with E-state index in [2.05, 4.69) is 0 Å². The maximum atomic E-state index is 12.3. The highest BCUT2D eigenvalue weighted by molar-refractivity contribution is 6.32. The van der Waals surface area contributed by atoms with Gasteiger partial charge in [-0.2, -0.15) is 0 Å². The predicted molar refractivity (Wildman–Crippen MR) is 92.7 cm³/mol. The first-order chi connectivity index (χ1) is 11.4. The number of rotatable bonds is 3. The molecule has 1 aliphatic heterocycles. The minimum Gasteiger partial charge on any atom is -0.465 e. The van der Waals surface area contributed by atoms with E-state index in [1.807, 2.05) is 26.0 Å². The van der Waals surface area contributed by atoms with Gasteiger partial charge < -0.3 is 14.4 Å². The summed E-state index contributed by atoms with van der Waals surface area (Å²) in [7, 11) is 2.52. The fourth-order valence-electron chi connectivity index (χ4n) is 2.43. The van der Waals surface area contributed by atoms with Crippen LogP contribution in [0.25, 0.3) is 0 Å². The second-order valence-electron chi connectivity index (χ2n) is 5.21. The van der Waals surface area contributed by atoms with E-state index in [0.717, 1.165) is 11.1 Å². The first-order valence-electron chi connectivity index (χ1n) is 7.22. The number of aryl methyl sites for hydroxylation is 2. The monoisotopic (exact) mass is 347 g/mol. The lowest BCUT2D eigenvalue weighted by atomic mass is 10.1. The zero-order valence-corrected chi connectivity index (χ0v) is 14.7. The van der Waals surface area contributed by atoms with E-state index < -0.39 is 11.9 Å². The van der Waals surface area contributed by atoms with Crippen molar-refractivity contribution in [2.24, 2.45) is 0 Å². The summed E-state index contributed by atoms with van der Waals surface area (Å²) in [5.41, 5.74) is 2.61. The Kier molecular flexibility index (Phi) is 5.46. The summed E-state index contributed by atoms with van der Waals surface area (Å²) in [4.78, 5) is 26.0. The zero-order chi connectivity index (χ0) is 17.9. The Morgan fingerprint density at radius 3 is 2.12 bits per heavy atom. The van der Waals surface area contributed by atoms with Gasteiger partial charge in [0.25, 0.3) is 0 Å². The third kappa shape index (κ3) is 3.36. The number of methoxy groups -OCH3 is 2. The normalized spacial score (nSPS) is 13.8. The molecule has 0 radical (unpaired) electrons. The van der Waals surface area contributed by atoms with Crippen molar-refractivity contribution in [2.75, 3.05) is 19.1 Å². The molecule has 0 unspecified atom stereocenters. The number of benzene rings is 1. The summed E-state index contributed by atoms with van der Waals surface area (Å²) < 4.78 is 9.66. The molecule has 2 rings (SSSR count). The van der Waals surface area contributed by atoms with Gasteiger partial charge in [0.05, 0.1) is 19.8 Å². The SMILES string of the molecule is COC(=O)C1=C(C(=O)OC)N(c2cc(C)c(Cl)c(C)c2)C=CC=C1. The lowest BCUT2D eigenvalue weighted by Gasteiger charge is -2.24. The number of nitrogens with zero attached hydrogens (tertiary/aromatic N) is 1. The Labute approximate surface area is 145 Å². The highest BCUT2D eigenvalue weighted by atomic mass is 35.5. The Balaban J connectivity index is 2.70. The standard InChI is InChI=1S/C18H18ClNO4/c1-11-9-13(10-12(2)15(11)19)20-8-6-5-7-14(17(21)23-3)16(20)18(22)24-4/h5-10H,1-4H3. The summed E-state index contributed by atoms with van der Waals surface area (Å²) in [5.74, 6) is -1.26. The number of carbonyl (C=O) groups excluding carboxylic acids is 2. The average Bonchev–Trinajstić information content (AvgIpc) is 2.80. The van der Waals surface area contributed by atoms with Gasteiger partial charge in [-0.05, 0) is 49.3 Å². The molecular weight excluding hydrogens is 330 g/mol. The van der Waals surface area contributed by atoms with Gasteiger partial charge in [-0.1, -0.05) is 17.7 Å². The fourth-order valence-corrected chi connectivity index (χ4v) is 2.54. The van der Waals surface area contributed by atoms with Crippen LogP contribution in [0, 0.1) is 13.8 Å². The number of esters is 2.